The molecule has 0 N–H and O–H groups in total. The molecule has 144 valence electrons. The first-order chi connectivity index (χ1) is 13.8. The minimum absolute atomic E-state index is 0.703. The van der Waals surface area contributed by atoms with Gasteiger partial charge in [-0.05, 0) is 41.8 Å². The van der Waals surface area contributed by atoms with Crippen molar-refractivity contribution < 1.29 is 4.74 Å². The van der Waals surface area contributed by atoms with E-state index in [4.69, 9.17) is 4.74 Å². The quantitative estimate of drug-likeness (QED) is 0.600. The van der Waals surface area contributed by atoms with Crippen LogP contribution < -0.4 is 9.64 Å². The van der Waals surface area contributed by atoms with E-state index in [0.717, 1.165) is 38.5 Å². The van der Waals surface area contributed by atoms with E-state index >= 15 is 0 Å². The molecule has 0 saturated carbocycles. The van der Waals surface area contributed by atoms with Crippen molar-refractivity contribution in [2.24, 2.45) is 0 Å². The van der Waals surface area contributed by atoms with Crippen molar-refractivity contribution in [3.05, 3.63) is 84.4 Å². The Morgan fingerprint density at radius 2 is 1.46 bits per heavy atom. The molecule has 1 heterocycles. The molecule has 3 aromatic rings. The van der Waals surface area contributed by atoms with Crippen LogP contribution in [0.5, 0.6) is 5.75 Å². The van der Waals surface area contributed by atoms with Crippen molar-refractivity contribution in [3.8, 4) is 16.9 Å². The zero-order valence-corrected chi connectivity index (χ0v) is 16.6. The Morgan fingerprint density at radius 1 is 0.750 bits per heavy atom. The van der Waals surface area contributed by atoms with Crippen LogP contribution in [0.3, 0.4) is 0 Å². The van der Waals surface area contributed by atoms with Gasteiger partial charge in [0, 0.05) is 32.7 Å². The summed E-state index contributed by atoms with van der Waals surface area (Å²) >= 11 is 0. The molecule has 1 saturated heterocycles. The van der Waals surface area contributed by atoms with Crippen molar-refractivity contribution in [1.29, 1.82) is 0 Å². The minimum Gasteiger partial charge on any atom is -0.492 e. The van der Waals surface area contributed by atoms with Crippen LogP contribution in [0.15, 0.2) is 78.9 Å². The predicted molar refractivity (Wildman–Crippen MR) is 117 cm³/mol. The summed E-state index contributed by atoms with van der Waals surface area (Å²) in [6.07, 6.45) is 0. The number of anilines is 1. The summed E-state index contributed by atoms with van der Waals surface area (Å²) in [7, 11) is 0. The van der Waals surface area contributed by atoms with Crippen LogP contribution in [0.1, 0.15) is 12.5 Å². The van der Waals surface area contributed by atoms with Crippen molar-refractivity contribution in [2.45, 2.75) is 13.5 Å². The third-order valence-electron chi connectivity index (χ3n) is 5.32. The second-order valence-corrected chi connectivity index (χ2v) is 7.23. The molecule has 0 aliphatic carbocycles. The van der Waals surface area contributed by atoms with Crippen LogP contribution >= 0.6 is 0 Å². The molecule has 0 bridgehead atoms. The van der Waals surface area contributed by atoms with Gasteiger partial charge in [0.15, 0.2) is 0 Å². The van der Waals surface area contributed by atoms with Gasteiger partial charge in [-0.2, -0.15) is 0 Å². The van der Waals surface area contributed by atoms with Gasteiger partial charge < -0.3 is 9.64 Å². The Kier molecular flexibility index (Phi) is 5.93. The monoisotopic (exact) mass is 372 g/mol. The first kappa shape index (κ1) is 18.6. The molecule has 3 nitrogen and oxygen atoms in total. The Hall–Kier alpha value is -2.78. The molecule has 1 fully saturated rings. The number of para-hydroxylation sites is 2. The zero-order valence-electron chi connectivity index (χ0n) is 16.6. The molecule has 3 heteroatoms. The van der Waals surface area contributed by atoms with Gasteiger partial charge in [0.05, 0.1) is 12.3 Å². The maximum Gasteiger partial charge on any atom is 0.142 e. The number of hydrogen-bond donors (Lipinski definition) is 0. The van der Waals surface area contributed by atoms with Crippen molar-refractivity contribution >= 4 is 5.69 Å². The highest BCUT2D eigenvalue weighted by Crippen LogP contribution is 2.29. The molecule has 28 heavy (non-hydrogen) atoms. The molecule has 1 aliphatic rings. The predicted octanol–water partition coefficient (Wildman–Crippen LogP) is 5.07. The third-order valence-corrected chi connectivity index (χ3v) is 5.32. The summed E-state index contributed by atoms with van der Waals surface area (Å²) < 4.78 is 5.81. The zero-order chi connectivity index (χ0) is 19.2. The summed E-state index contributed by atoms with van der Waals surface area (Å²) in [6.45, 7) is 7.94. The van der Waals surface area contributed by atoms with Gasteiger partial charge in [0.1, 0.15) is 5.75 Å². The van der Waals surface area contributed by atoms with Gasteiger partial charge in [-0.1, -0.05) is 60.7 Å². The minimum atomic E-state index is 0.703. The molecule has 4 rings (SSSR count). The highest BCUT2D eigenvalue weighted by Gasteiger charge is 2.19. The van der Waals surface area contributed by atoms with E-state index in [-0.39, 0.29) is 0 Å². The highest BCUT2D eigenvalue weighted by atomic mass is 16.5. The van der Waals surface area contributed by atoms with E-state index < -0.39 is 0 Å². The molecule has 0 unspecified atom stereocenters. The second kappa shape index (κ2) is 8.94. The summed E-state index contributed by atoms with van der Waals surface area (Å²) in [5.41, 5.74) is 5.17. The van der Waals surface area contributed by atoms with E-state index in [1.165, 1.54) is 22.4 Å². The first-order valence-corrected chi connectivity index (χ1v) is 10.2. The average Bonchev–Trinajstić information content (AvgIpc) is 2.76. The molecule has 1 aliphatic heterocycles. The number of nitrogens with zero attached hydrogens (tertiary/aromatic N) is 2. The van der Waals surface area contributed by atoms with Crippen LogP contribution in [0, 0.1) is 0 Å². The fraction of sp³-hybridized carbons (Fsp3) is 0.280. The van der Waals surface area contributed by atoms with E-state index in [1.54, 1.807) is 0 Å². The van der Waals surface area contributed by atoms with Crippen molar-refractivity contribution in [1.82, 2.24) is 4.90 Å². The molecule has 0 atom stereocenters. The molecule has 0 aromatic heterocycles. The topological polar surface area (TPSA) is 15.7 Å². The maximum atomic E-state index is 5.81. The number of rotatable bonds is 6. The number of piperazine rings is 1. The molecule has 0 radical (unpaired) electrons. The Labute approximate surface area is 168 Å². The lowest BCUT2D eigenvalue weighted by Gasteiger charge is -2.36. The standard InChI is InChI=1S/C25H28N2O/c1-2-28-25-14-7-6-13-24(25)27-17-15-26(16-18-27)20-21-9-8-12-23(19-21)22-10-4-3-5-11-22/h3-14,19H,2,15-18,20H2,1H3. The van der Waals surface area contributed by atoms with Crippen LogP contribution in [0.2, 0.25) is 0 Å². The number of hydrogen-bond acceptors (Lipinski definition) is 3. The lowest BCUT2D eigenvalue weighted by atomic mass is 10.0. The summed E-state index contributed by atoms with van der Waals surface area (Å²) in [5.74, 6) is 0.994. The Bertz CT molecular complexity index is 886. The van der Waals surface area contributed by atoms with Crippen LogP contribution in [-0.4, -0.2) is 37.7 Å². The SMILES string of the molecule is CCOc1ccccc1N1CCN(Cc2cccc(-c3ccccc3)c2)CC1. The Morgan fingerprint density at radius 3 is 2.25 bits per heavy atom. The van der Waals surface area contributed by atoms with E-state index in [0.29, 0.717) is 6.61 Å². The fourth-order valence-electron chi connectivity index (χ4n) is 3.88. The van der Waals surface area contributed by atoms with Crippen LogP contribution in [-0.2, 0) is 6.54 Å². The third kappa shape index (κ3) is 4.37. The number of ether oxygens (including phenoxy) is 1. The largest absolute Gasteiger partial charge is 0.492 e. The Balaban J connectivity index is 1.39. The van der Waals surface area contributed by atoms with Gasteiger partial charge >= 0.3 is 0 Å². The van der Waals surface area contributed by atoms with Gasteiger partial charge in [-0.15, -0.1) is 0 Å². The molecular weight excluding hydrogens is 344 g/mol. The maximum absolute atomic E-state index is 5.81. The lowest BCUT2D eigenvalue weighted by Crippen LogP contribution is -2.46. The van der Waals surface area contributed by atoms with E-state index in [1.807, 2.05) is 13.0 Å². The van der Waals surface area contributed by atoms with E-state index in [9.17, 15) is 0 Å². The number of benzene rings is 3. The highest BCUT2D eigenvalue weighted by molar-refractivity contribution is 5.64. The first-order valence-electron chi connectivity index (χ1n) is 10.2. The van der Waals surface area contributed by atoms with Gasteiger partial charge in [-0.3, -0.25) is 4.90 Å². The molecule has 0 spiro atoms. The van der Waals surface area contributed by atoms with Crippen LogP contribution in [0.25, 0.3) is 11.1 Å². The molecule has 0 amide bonds. The summed E-state index contributed by atoms with van der Waals surface area (Å²) in [6, 6.07) is 27.9. The second-order valence-electron chi connectivity index (χ2n) is 7.23. The molecule has 3 aromatic carbocycles. The average molecular weight is 373 g/mol. The van der Waals surface area contributed by atoms with Crippen LogP contribution in [0.4, 0.5) is 5.69 Å². The normalized spacial score (nSPS) is 14.8. The van der Waals surface area contributed by atoms with Gasteiger partial charge in [0.2, 0.25) is 0 Å². The van der Waals surface area contributed by atoms with E-state index in [2.05, 4.69) is 82.6 Å². The molecular formula is C25H28N2O. The fourth-order valence-corrected chi connectivity index (χ4v) is 3.88. The lowest BCUT2D eigenvalue weighted by molar-refractivity contribution is 0.248. The smallest absolute Gasteiger partial charge is 0.142 e. The summed E-state index contributed by atoms with van der Waals surface area (Å²) in [4.78, 5) is 4.99. The summed E-state index contributed by atoms with van der Waals surface area (Å²) in [5, 5.41) is 0. The van der Waals surface area contributed by atoms with Crippen molar-refractivity contribution in [2.75, 3.05) is 37.7 Å². The van der Waals surface area contributed by atoms with Gasteiger partial charge in [0.25, 0.3) is 0 Å². The van der Waals surface area contributed by atoms with Crippen molar-refractivity contribution in [3.63, 3.8) is 0 Å². The van der Waals surface area contributed by atoms with Gasteiger partial charge in [-0.25, -0.2) is 0 Å².